The van der Waals surface area contributed by atoms with E-state index in [1.807, 2.05) is 6.20 Å². The molecule has 2 aliphatic heterocycles. The lowest BCUT2D eigenvalue weighted by atomic mass is 9.83. The summed E-state index contributed by atoms with van der Waals surface area (Å²) in [5.41, 5.74) is 0.634. The fraction of sp³-hybridized carbons (Fsp3) is 0.500. The predicted octanol–water partition coefficient (Wildman–Crippen LogP) is 3.79. The first-order valence-electron chi connectivity index (χ1n) is 9.42. The van der Waals surface area contributed by atoms with E-state index >= 15 is 0 Å². The summed E-state index contributed by atoms with van der Waals surface area (Å²) in [6.45, 7) is 3.09. The molecule has 3 heterocycles. The fourth-order valence-electron chi connectivity index (χ4n) is 4.39. The largest absolute Gasteiger partial charge is 0.483 e. The number of piperidine rings is 2. The minimum atomic E-state index is -0.821. The average molecular weight is 377 g/mol. The van der Waals surface area contributed by atoms with E-state index in [1.54, 1.807) is 12.3 Å². The number of rotatable bonds is 3. The summed E-state index contributed by atoms with van der Waals surface area (Å²) in [4.78, 5) is 15.4. The minimum Gasteiger partial charge on any atom is -0.483 e. The highest BCUT2D eigenvalue weighted by Gasteiger charge is 2.33. The summed E-state index contributed by atoms with van der Waals surface area (Å²) in [7, 11) is 0. The van der Waals surface area contributed by atoms with Gasteiger partial charge in [0.15, 0.2) is 11.6 Å². The van der Waals surface area contributed by atoms with Gasteiger partial charge >= 0.3 is 0 Å². The number of nitrogens with zero attached hydrogens (tertiary/aromatic N) is 3. The molecule has 0 radical (unpaired) electrons. The highest BCUT2D eigenvalue weighted by atomic mass is 19.2. The monoisotopic (exact) mass is 377 g/mol. The molecule has 0 unspecified atom stereocenters. The average Bonchev–Trinajstić information content (AvgIpc) is 3.13. The second-order valence-corrected chi connectivity index (χ2v) is 7.14. The van der Waals surface area contributed by atoms with E-state index in [0.717, 1.165) is 12.4 Å². The highest BCUT2D eigenvalue weighted by Crippen LogP contribution is 2.33. The Hall–Kier alpha value is -2.28. The molecule has 2 atom stereocenters. The lowest BCUT2D eigenvalue weighted by Gasteiger charge is -2.44. The zero-order chi connectivity index (χ0) is 19.2. The number of benzene rings is 1. The quantitative estimate of drug-likeness (QED) is 0.827. The van der Waals surface area contributed by atoms with Crippen LogP contribution in [0.4, 0.5) is 8.78 Å². The molecule has 1 aromatic carbocycles. The molecule has 2 aliphatic rings. The van der Waals surface area contributed by atoms with E-state index in [1.165, 1.54) is 57.3 Å². The van der Waals surface area contributed by atoms with Gasteiger partial charge in [-0.25, -0.2) is 13.8 Å². The van der Waals surface area contributed by atoms with Crippen molar-refractivity contribution in [1.29, 1.82) is 0 Å². The molecule has 0 spiro atoms. The SMILES string of the molecule is Fc1ccc(-c2nccn2C[C@@H]2CCCN3CCCC[C@H]23)cc1F.O=CO. The normalized spacial score (nSPS) is 22.4. The molecule has 2 aromatic rings. The van der Waals surface area contributed by atoms with E-state index in [0.29, 0.717) is 17.5 Å². The van der Waals surface area contributed by atoms with E-state index < -0.39 is 11.6 Å². The van der Waals surface area contributed by atoms with Gasteiger partial charge in [0, 0.05) is 30.5 Å². The summed E-state index contributed by atoms with van der Waals surface area (Å²) in [6, 6.07) is 4.67. The first-order chi connectivity index (χ1) is 13.1. The van der Waals surface area contributed by atoms with E-state index in [2.05, 4.69) is 14.5 Å². The fourth-order valence-corrected chi connectivity index (χ4v) is 4.39. The molecule has 2 saturated heterocycles. The van der Waals surface area contributed by atoms with Crippen molar-refractivity contribution in [3.8, 4) is 11.4 Å². The molecule has 5 nitrogen and oxygen atoms in total. The van der Waals surface area contributed by atoms with Crippen LogP contribution in [0.15, 0.2) is 30.6 Å². The summed E-state index contributed by atoms with van der Waals surface area (Å²) >= 11 is 0. The summed E-state index contributed by atoms with van der Waals surface area (Å²) in [5.74, 6) is -0.306. The van der Waals surface area contributed by atoms with E-state index in [-0.39, 0.29) is 6.47 Å². The molecule has 0 amide bonds. The lowest BCUT2D eigenvalue weighted by Crippen LogP contribution is -2.49. The molecule has 4 rings (SSSR count). The number of hydrogen-bond donors (Lipinski definition) is 1. The van der Waals surface area contributed by atoms with Crippen LogP contribution in [0, 0.1) is 17.6 Å². The third kappa shape index (κ3) is 4.53. The molecule has 1 N–H and O–H groups in total. The third-order valence-electron chi connectivity index (χ3n) is 5.55. The van der Waals surface area contributed by atoms with Gasteiger partial charge in [-0.1, -0.05) is 6.42 Å². The number of imidazole rings is 1. The van der Waals surface area contributed by atoms with Gasteiger partial charge in [-0.2, -0.15) is 0 Å². The van der Waals surface area contributed by atoms with Crippen molar-refractivity contribution in [3.05, 3.63) is 42.2 Å². The molecule has 146 valence electrons. The first-order valence-corrected chi connectivity index (χ1v) is 9.42. The van der Waals surface area contributed by atoms with Gasteiger partial charge in [-0.05, 0) is 62.9 Å². The van der Waals surface area contributed by atoms with Crippen molar-refractivity contribution in [2.75, 3.05) is 13.1 Å². The van der Waals surface area contributed by atoms with Gasteiger partial charge in [0.25, 0.3) is 6.47 Å². The molecule has 27 heavy (non-hydrogen) atoms. The highest BCUT2D eigenvalue weighted by molar-refractivity contribution is 5.55. The van der Waals surface area contributed by atoms with Crippen LogP contribution in [0.2, 0.25) is 0 Å². The smallest absolute Gasteiger partial charge is 0.290 e. The molecule has 2 fully saturated rings. The molecule has 0 bridgehead atoms. The van der Waals surface area contributed by atoms with Gasteiger partial charge in [-0.3, -0.25) is 4.79 Å². The second kappa shape index (κ2) is 9.08. The Balaban J connectivity index is 0.000000659. The van der Waals surface area contributed by atoms with Crippen LogP contribution in [0.25, 0.3) is 11.4 Å². The molecule has 0 aliphatic carbocycles. The van der Waals surface area contributed by atoms with E-state index in [9.17, 15) is 8.78 Å². The van der Waals surface area contributed by atoms with E-state index in [4.69, 9.17) is 9.90 Å². The van der Waals surface area contributed by atoms with Gasteiger partial charge in [0.1, 0.15) is 5.82 Å². The topological polar surface area (TPSA) is 58.4 Å². The Bertz CT molecular complexity index is 763. The Morgan fingerprint density at radius 2 is 1.93 bits per heavy atom. The predicted molar refractivity (Wildman–Crippen MR) is 98.2 cm³/mol. The first kappa shape index (κ1) is 19.5. The minimum absolute atomic E-state index is 0.250. The van der Waals surface area contributed by atoms with Crippen LogP contribution in [0.3, 0.4) is 0 Å². The Morgan fingerprint density at radius 1 is 1.15 bits per heavy atom. The van der Waals surface area contributed by atoms with Gasteiger partial charge in [0.2, 0.25) is 0 Å². The molecular weight excluding hydrogens is 352 g/mol. The summed E-state index contributed by atoms with van der Waals surface area (Å²) in [5, 5.41) is 6.89. The van der Waals surface area contributed by atoms with Crippen molar-refractivity contribution in [1.82, 2.24) is 14.5 Å². The zero-order valence-electron chi connectivity index (χ0n) is 15.2. The Morgan fingerprint density at radius 3 is 2.70 bits per heavy atom. The standard InChI is InChI=1S/C19H23F2N3.CH2O2/c20-16-7-6-14(12-17(16)21)19-22-8-11-24(19)13-15-4-3-10-23-9-2-1-5-18(15)23;2-1-3/h6-8,11-12,15,18H,1-5,9-10,13H2;1H,(H,2,3)/t15-,18+;/m0./s1. The molecule has 7 heteroatoms. The van der Waals surface area contributed by atoms with Gasteiger partial charge in [-0.15, -0.1) is 0 Å². The Kier molecular flexibility index (Phi) is 6.55. The number of carbonyl (C=O) groups is 1. The summed E-state index contributed by atoms with van der Waals surface area (Å²) in [6.07, 6.45) is 10.1. The zero-order valence-corrected chi connectivity index (χ0v) is 15.2. The van der Waals surface area contributed by atoms with Crippen LogP contribution in [-0.2, 0) is 11.3 Å². The van der Waals surface area contributed by atoms with Gasteiger partial charge < -0.3 is 14.6 Å². The maximum absolute atomic E-state index is 13.6. The number of fused-ring (bicyclic) bond motifs is 1. The maximum Gasteiger partial charge on any atom is 0.290 e. The van der Waals surface area contributed by atoms with Crippen molar-refractivity contribution in [3.63, 3.8) is 0 Å². The number of carboxylic acid groups (broad SMARTS) is 1. The molecule has 1 aromatic heterocycles. The van der Waals surface area contributed by atoms with Crippen LogP contribution in [-0.4, -0.2) is 45.2 Å². The lowest BCUT2D eigenvalue weighted by molar-refractivity contribution is -0.122. The van der Waals surface area contributed by atoms with Crippen molar-refractivity contribution >= 4 is 6.47 Å². The molecule has 0 saturated carbocycles. The number of aromatic nitrogens is 2. The number of halogens is 2. The molecular formula is C20H25F2N3O2. The van der Waals surface area contributed by atoms with Crippen molar-refractivity contribution in [2.45, 2.75) is 44.7 Å². The van der Waals surface area contributed by atoms with Crippen molar-refractivity contribution in [2.24, 2.45) is 5.92 Å². The van der Waals surface area contributed by atoms with Crippen LogP contribution >= 0.6 is 0 Å². The second-order valence-electron chi connectivity index (χ2n) is 7.14. The van der Waals surface area contributed by atoms with Crippen molar-refractivity contribution < 1.29 is 18.7 Å². The van der Waals surface area contributed by atoms with Crippen LogP contribution in [0.5, 0.6) is 0 Å². The maximum atomic E-state index is 13.6. The third-order valence-corrected chi connectivity index (χ3v) is 5.55. The van der Waals surface area contributed by atoms with Gasteiger partial charge in [0.05, 0.1) is 0 Å². The number of hydrogen-bond acceptors (Lipinski definition) is 3. The van der Waals surface area contributed by atoms with Crippen LogP contribution < -0.4 is 0 Å². The Labute approximate surface area is 157 Å². The van der Waals surface area contributed by atoms with Crippen LogP contribution in [0.1, 0.15) is 32.1 Å². The summed E-state index contributed by atoms with van der Waals surface area (Å²) < 4.78 is 28.9.